The first-order valence-electron chi connectivity index (χ1n) is 5.99. The van der Waals surface area contributed by atoms with E-state index in [1.165, 1.54) is 0 Å². The van der Waals surface area contributed by atoms with Crippen molar-refractivity contribution < 1.29 is 4.79 Å². The number of Topliss-reactive ketones (excluding diaryl/α,β-unsaturated/α-hetero) is 1. The minimum Gasteiger partial charge on any atom is -0.294 e. The van der Waals surface area contributed by atoms with Gasteiger partial charge in [-0.05, 0) is 30.7 Å². The Kier molecular flexibility index (Phi) is 2.52. The molecule has 1 aromatic heterocycles. The molecule has 0 saturated carbocycles. The highest BCUT2D eigenvalue weighted by Gasteiger charge is 2.08. The Bertz CT molecular complexity index is 711. The van der Waals surface area contributed by atoms with Crippen molar-refractivity contribution in [2.24, 2.45) is 0 Å². The molecule has 1 aliphatic carbocycles. The van der Waals surface area contributed by atoms with E-state index in [1.807, 2.05) is 54.2 Å². The van der Waals surface area contributed by atoms with Gasteiger partial charge < -0.3 is 0 Å². The number of rotatable bonds is 2. The molecule has 1 heterocycles. The van der Waals surface area contributed by atoms with Gasteiger partial charge in [0.2, 0.25) is 0 Å². The molecule has 0 atom stereocenters. The average molecular weight is 238 g/mol. The van der Waals surface area contributed by atoms with Crippen molar-refractivity contribution in [2.45, 2.75) is 13.3 Å². The average Bonchev–Trinajstić information content (AvgIpc) is 2.67. The minimum absolute atomic E-state index is 0.170. The van der Waals surface area contributed by atoms with Crippen LogP contribution in [0.1, 0.15) is 12.0 Å². The summed E-state index contributed by atoms with van der Waals surface area (Å²) in [5.74, 6) is 0.170. The van der Waals surface area contributed by atoms with E-state index in [9.17, 15) is 4.79 Å². The number of carbonyl (C=O) groups excluding carboxylic acids is 1. The number of hydrogen-bond acceptors (Lipinski definition) is 2. The van der Waals surface area contributed by atoms with E-state index in [0.717, 1.165) is 21.8 Å². The second-order valence-corrected chi connectivity index (χ2v) is 4.48. The first kappa shape index (κ1) is 10.8. The van der Waals surface area contributed by atoms with Crippen LogP contribution in [-0.4, -0.2) is 10.5 Å². The molecule has 18 heavy (non-hydrogen) atoms. The first-order valence-corrected chi connectivity index (χ1v) is 5.99. The van der Waals surface area contributed by atoms with Crippen molar-refractivity contribution in [2.75, 3.05) is 5.43 Å². The van der Waals surface area contributed by atoms with E-state index < -0.39 is 0 Å². The quantitative estimate of drug-likeness (QED) is 0.853. The van der Waals surface area contributed by atoms with Crippen molar-refractivity contribution in [3.8, 4) is 0 Å². The van der Waals surface area contributed by atoms with E-state index in [4.69, 9.17) is 0 Å². The fourth-order valence-corrected chi connectivity index (χ4v) is 2.22. The third-order valence-corrected chi connectivity index (χ3v) is 3.11. The van der Waals surface area contributed by atoms with Gasteiger partial charge in [0.1, 0.15) is 0 Å². The summed E-state index contributed by atoms with van der Waals surface area (Å²) in [4.78, 5) is 11.4. The molecule has 3 heteroatoms. The molecule has 0 saturated heterocycles. The number of para-hydroxylation sites is 1. The highest BCUT2D eigenvalue weighted by Crippen LogP contribution is 2.05. The second kappa shape index (κ2) is 4.18. The summed E-state index contributed by atoms with van der Waals surface area (Å²) in [5, 5.41) is 2.09. The monoisotopic (exact) mass is 238 g/mol. The maximum atomic E-state index is 11.4. The summed E-state index contributed by atoms with van der Waals surface area (Å²) < 4.78 is 1.98. The number of nitrogens with one attached hydrogen (secondary N) is 1. The van der Waals surface area contributed by atoms with E-state index in [-0.39, 0.29) is 5.78 Å². The molecule has 1 aliphatic rings. The molecule has 0 radical (unpaired) electrons. The highest BCUT2D eigenvalue weighted by atomic mass is 16.1. The number of hydrogen-bond donors (Lipinski definition) is 1. The normalized spacial score (nSPS) is 13.5. The third-order valence-electron chi connectivity index (χ3n) is 3.11. The zero-order valence-electron chi connectivity index (χ0n) is 10.2. The molecule has 2 aromatic rings. The predicted molar refractivity (Wildman–Crippen MR) is 72.4 cm³/mol. The van der Waals surface area contributed by atoms with Crippen LogP contribution in [0.3, 0.4) is 0 Å². The van der Waals surface area contributed by atoms with E-state index in [1.54, 1.807) is 6.08 Å². The number of carbonyl (C=O) groups is 1. The van der Waals surface area contributed by atoms with Crippen LogP contribution in [0.15, 0.2) is 36.5 Å². The maximum absolute atomic E-state index is 11.4. The zero-order chi connectivity index (χ0) is 12.5. The van der Waals surface area contributed by atoms with Gasteiger partial charge in [0.25, 0.3) is 0 Å². The van der Waals surface area contributed by atoms with E-state index >= 15 is 0 Å². The standard InChI is InChI=1S/C15H14N2O/c1-11-10-17(16-12-5-3-2-4-6-12)15-8-7-13(18)9-14(11)15/h2-6,8-10,16H,7H2,1H3. The van der Waals surface area contributed by atoms with Crippen LogP contribution < -0.4 is 16.0 Å². The first-order chi connectivity index (χ1) is 8.74. The van der Waals surface area contributed by atoms with Gasteiger partial charge in [-0.25, -0.2) is 0 Å². The van der Waals surface area contributed by atoms with Crippen LogP contribution in [0.5, 0.6) is 0 Å². The van der Waals surface area contributed by atoms with Crippen LogP contribution in [0.4, 0.5) is 5.69 Å². The molecule has 0 amide bonds. The third kappa shape index (κ3) is 1.84. The summed E-state index contributed by atoms with van der Waals surface area (Å²) in [5.41, 5.74) is 5.46. The predicted octanol–water partition coefficient (Wildman–Crippen LogP) is 1.21. The molecule has 0 fully saturated rings. The molecule has 1 aromatic carbocycles. The van der Waals surface area contributed by atoms with Gasteiger partial charge in [-0.3, -0.25) is 14.9 Å². The van der Waals surface area contributed by atoms with Gasteiger partial charge in [0, 0.05) is 17.8 Å². The molecular formula is C15H14N2O. The Hall–Kier alpha value is -2.29. The summed E-state index contributed by atoms with van der Waals surface area (Å²) in [6, 6.07) is 9.99. The number of ketones is 1. The van der Waals surface area contributed by atoms with Gasteiger partial charge >= 0.3 is 0 Å². The number of anilines is 1. The van der Waals surface area contributed by atoms with Crippen LogP contribution in [-0.2, 0) is 4.79 Å². The lowest BCUT2D eigenvalue weighted by molar-refractivity contribution is -0.112. The molecular weight excluding hydrogens is 224 g/mol. The molecule has 3 nitrogen and oxygen atoms in total. The number of aromatic nitrogens is 1. The molecule has 0 unspecified atom stereocenters. The van der Waals surface area contributed by atoms with Crippen molar-refractivity contribution in [3.63, 3.8) is 0 Å². The maximum Gasteiger partial charge on any atom is 0.160 e. The fourth-order valence-electron chi connectivity index (χ4n) is 2.22. The summed E-state index contributed by atoms with van der Waals surface area (Å²) in [6.45, 7) is 2.02. The molecule has 3 rings (SSSR count). The number of benzene rings is 1. The Labute approximate surface area is 105 Å². The lowest BCUT2D eigenvalue weighted by atomic mass is 10.1. The Balaban J connectivity index is 2.09. The van der Waals surface area contributed by atoms with Crippen LogP contribution in [0.25, 0.3) is 12.2 Å². The SMILES string of the molecule is Cc1cn(Nc2ccccc2)c2c1=CC(=O)CC=2. The molecule has 0 spiro atoms. The van der Waals surface area contributed by atoms with Crippen LogP contribution >= 0.6 is 0 Å². The van der Waals surface area contributed by atoms with Crippen molar-refractivity contribution in [3.05, 3.63) is 52.7 Å². The van der Waals surface area contributed by atoms with Gasteiger partial charge in [0.15, 0.2) is 5.78 Å². The molecule has 1 N–H and O–H groups in total. The number of nitrogens with zero attached hydrogens (tertiary/aromatic N) is 1. The van der Waals surface area contributed by atoms with Gasteiger partial charge in [-0.15, -0.1) is 0 Å². The van der Waals surface area contributed by atoms with Crippen molar-refractivity contribution in [1.29, 1.82) is 0 Å². The van der Waals surface area contributed by atoms with Gasteiger partial charge in [0.05, 0.1) is 11.0 Å². The molecule has 0 aliphatic heterocycles. The fraction of sp³-hybridized carbons (Fsp3) is 0.133. The minimum atomic E-state index is 0.170. The van der Waals surface area contributed by atoms with Gasteiger partial charge in [-0.1, -0.05) is 24.3 Å². The Morgan fingerprint density at radius 3 is 2.78 bits per heavy atom. The number of fused-ring (bicyclic) bond motifs is 1. The van der Waals surface area contributed by atoms with Crippen molar-refractivity contribution in [1.82, 2.24) is 4.68 Å². The number of aryl methyl sites for hydroxylation is 1. The summed E-state index contributed by atoms with van der Waals surface area (Å²) in [6.07, 6.45) is 6.20. The lowest BCUT2D eigenvalue weighted by Crippen LogP contribution is -2.36. The van der Waals surface area contributed by atoms with Crippen molar-refractivity contribution >= 4 is 23.6 Å². The Morgan fingerprint density at radius 2 is 2.00 bits per heavy atom. The Morgan fingerprint density at radius 1 is 1.22 bits per heavy atom. The topological polar surface area (TPSA) is 34.0 Å². The molecule has 0 bridgehead atoms. The lowest BCUT2D eigenvalue weighted by Gasteiger charge is -2.08. The van der Waals surface area contributed by atoms with E-state index in [2.05, 4.69) is 5.43 Å². The smallest absolute Gasteiger partial charge is 0.160 e. The summed E-state index contributed by atoms with van der Waals surface area (Å²) >= 11 is 0. The largest absolute Gasteiger partial charge is 0.294 e. The zero-order valence-corrected chi connectivity index (χ0v) is 10.2. The highest BCUT2D eigenvalue weighted by molar-refractivity contribution is 6.09. The van der Waals surface area contributed by atoms with Gasteiger partial charge in [-0.2, -0.15) is 0 Å². The van der Waals surface area contributed by atoms with E-state index in [0.29, 0.717) is 6.42 Å². The summed E-state index contributed by atoms with van der Waals surface area (Å²) in [7, 11) is 0. The van der Waals surface area contributed by atoms with Crippen LogP contribution in [0.2, 0.25) is 0 Å². The van der Waals surface area contributed by atoms with Crippen LogP contribution in [0, 0.1) is 6.92 Å². The molecule has 90 valence electrons. The second-order valence-electron chi connectivity index (χ2n) is 4.48.